The van der Waals surface area contributed by atoms with E-state index < -0.39 is 0 Å². The van der Waals surface area contributed by atoms with E-state index in [1.807, 2.05) is 37.3 Å². The smallest absolute Gasteiger partial charge is 0.255 e. The second-order valence-electron chi connectivity index (χ2n) is 4.55. The first-order chi connectivity index (χ1) is 9.72. The quantitative estimate of drug-likeness (QED) is 0.772. The SMILES string of the molecule is Cc1ccc(NC(=O)c2ccc3cccnc3c2)cn1. The molecule has 1 amide bonds. The Hall–Kier alpha value is -2.75. The molecule has 0 atom stereocenters. The number of pyridine rings is 2. The molecule has 20 heavy (non-hydrogen) atoms. The lowest BCUT2D eigenvalue weighted by Crippen LogP contribution is -2.12. The van der Waals surface area contributed by atoms with Gasteiger partial charge in [-0.2, -0.15) is 0 Å². The third-order valence-corrected chi connectivity index (χ3v) is 3.04. The molecule has 2 heterocycles. The van der Waals surface area contributed by atoms with Crippen LogP contribution >= 0.6 is 0 Å². The zero-order valence-corrected chi connectivity index (χ0v) is 11.0. The maximum Gasteiger partial charge on any atom is 0.255 e. The highest BCUT2D eigenvalue weighted by Crippen LogP contribution is 2.15. The molecule has 0 aliphatic rings. The van der Waals surface area contributed by atoms with Crippen LogP contribution in [-0.2, 0) is 0 Å². The highest BCUT2D eigenvalue weighted by molar-refractivity contribution is 6.06. The maximum atomic E-state index is 12.2. The number of aromatic nitrogens is 2. The van der Waals surface area contributed by atoms with Gasteiger partial charge in [0, 0.05) is 22.8 Å². The minimum atomic E-state index is -0.164. The second-order valence-corrected chi connectivity index (χ2v) is 4.55. The molecule has 0 saturated heterocycles. The van der Waals surface area contributed by atoms with Gasteiger partial charge in [0.2, 0.25) is 0 Å². The Morgan fingerprint density at radius 3 is 2.80 bits per heavy atom. The van der Waals surface area contributed by atoms with E-state index in [2.05, 4.69) is 15.3 Å². The van der Waals surface area contributed by atoms with Crippen molar-refractivity contribution in [3.05, 3.63) is 66.1 Å². The zero-order valence-electron chi connectivity index (χ0n) is 11.0. The molecule has 2 aromatic heterocycles. The monoisotopic (exact) mass is 263 g/mol. The Kier molecular flexibility index (Phi) is 3.13. The third kappa shape index (κ3) is 2.49. The van der Waals surface area contributed by atoms with Crippen molar-refractivity contribution in [3.63, 3.8) is 0 Å². The third-order valence-electron chi connectivity index (χ3n) is 3.04. The molecule has 0 unspecified atom stereocenters. The molecular weight excluding hydrogens is 250 g/mol. The van der Waals surface area contributed by atoms with Crippen LogP contribution in [-0.4, -0.2) is 15.9 Å². The summed E-state index contributed by atoms with van der Waals surface area (Å²) in [6.07, 6.45) is 3.36. The van der Waals surface area contributed by atoms with Crippen molar-refractivity contribution in [3.8, 4) is 0 Å². The van der Waals surface area contributed by atoms with E-state index >= 15 is 0 Å². The molecule has 0 saturated carbocycles. The maximum absolute atomic E-state index is 12.2. The highest BCUT2D eigenvalue weighted by atomic mass is 16.1. The van der Waals surface area contributed by atoms with Crippen molar-refractivity contribution in [2.75, 3.05) is 5.32 Å². The molecule has 0 fully saturated rings. The number of rotatable bonds is 2. The molecule has 0 spiro atoms. The Labute approximate surface area is 116 Å². The standard InChI is InChI=1S/C16H13N3O/c1-11-4-7-14(10-18-11)19-16(20)13-6-5-12-3-2-8-17-15(12)9-13/h2-10H,1H3,(H,19,20). The minimum absolute atomic E-state index is 0.164. The minimum Gasteiger partial charge on any atom is -0.321 e. The predicted octanol–water partition coefficient (Wildman–Crippen LogP) is 3.19. The van der Waals surface area contributed by atoms with Crippen LogP contribution in [0, 0.1) is 6.92 Å². The van der Waals surface area contributed by atoms with Crippen LogP contribution in [0.15, 0.2) is 54.9 Å². The largest absolute Gasteiger partial charge is 0.321 e. The lowest BCUT2D eigenvalue weighted by molar-refractivity contribution is 0.102. The molecule has 0 aliphatic heterocycles. The second kappa shape index (κ2) is 5.09. The lowest BCUT2D eigenvalue weighted by Gasteiger charge is -2.06. The first-order valence-electron chi connectivity index (χ1n) is 6.31. The fourth-order valence-corrected chi connectivity index (χ4v) is 1.95. The molecule has 1 aromatic carbocycles. The van der Waals surface area contributed by atoms with Crippen molar-refractivity contribution >= 4 is 22.5 Å². The Morgan fingerprint density at radius 2 is 2.00 bits per heavy atom. The summed E-state index contributed by atoms with van der Waals surface area (Å²) in [6.45, 7) is 1.90. The van der Waals surface area contributed by atoms with Gasteiger partial charge in [-0.15, -0.1) is 0 Å². The number of amides is 1. The summed E-state index contributed by atoms with van der Waals surface area (Å²) in [5.41, 5.74) is 2.98. The van der Waals surface area contributed by atoms with Gasteiger partial charge >= 0.3 is 0 Å². The molecule has 0 aliphatic carbocycles. The van der Waals surface area contributed by atoms with E-state index in [1.54, 1.807) is 24.5 Å². The number of benzene rings is 1. The van der Waals surface area contributed by atoms with Crippen LogP contribution in [0.4, 0.5) is 5.69 Å². The van der Waals surface area contributed by atoms with Crippen LogP contribution in [0.2, 0.25) is 0 Å². The van der Waals surface area contributed by atoms with Crippen molar-refractivity contribution in [1.29, 1.82) is 0 Å². The van der Waals surface area contributed by atoms with Gasteiger partial charge in [0.15, 0.2) is 0 Å². The van der Waals surface area contributed by atoms with Crippen molar-refractivity contribution < 1.29 is 4.79 Å². The molecular formula is C16H13N3O. The number of aryl methyl sites for hydroxylation is 1. The lowest BCUT2D eigenvalue weighted by atomic mass is 10.1. The normalized spacial score (nSPS) is 10.4. The van der Waals surface area contributed by atoms with Crippen LogP contribution in [0.25, 0.3) is 10.9 Å². The predicted molar refractivity (Wildman–Crippen MR) is 78.7 cm³/mol. The van der Waals surface area contributed by atoms with Gasteiger partial charge < -0.3 is 5.32 Å². The van der Waals surface area contributed by atoms with Gasteiger partial charge in [0.05, 0.1) is 17.4 Å². The number of carbonyl (C=O) groups excluding carboxylic acids is 1. The Bertz CT molecular complexity index is 766. The Morgan fingerprint density at radius 1 is 1.10 bits per heavy atom. The van der Waals surface area contributed by atoms with Crippen molar-refractivity contribution in [1.82, 2.24) is 9.97 Å². The van der Waals surface area contributed by atoms with E-state index in [0.717, 1.165) is 16.6 Å². The van der Waals surface area contributed by atoms with E-state index in [-0.39, 0.29) is 5.91 Å². The van der Waals surface area contributed by atoms with Gasteiger partial charge in [-0.3, -0.25) is 14.8 Å². The number of nitrogens with one attached hydrogen (secondary N) is 1. The summed E-state index contributed by atoms with van der Waals surface area (Å²) >= 11 is 0. The summed E-state index contributed by atoms with van der Waals surface area (Å²) in [4.78, 5) is 20.6. The van der Waals surface area contributed by atoms with E-state index in [0.29, 0.717) is 11.3 Å². The molecule has 98 valence electrons. The summed E-state index contributed by atoms with van der Waals surface area (Å²) < 4.78 is 0. The molecule has 3 aromatic rings. The first kappa shape index (κ1) is 12.3. The number of hydrogen-bond acceptors (Lipinski definition) is 3. The number of hydrogen-bond donors (Lipinski definition) is 1. The van der Waals surface area contributed by atoms with Crippen molar-refractivity contribution in [2.24, 2.45) is 0 Å². The van der Waals surface area contributed by atoms with Gasteiger partial charge in [-0.25, -0.2) is 0 Å². The Balaban J connectivity index is 1.86. The van der Waals surface area contributed by atoms with Crippen LogP contribution < -0.4 is 5.32 Å². The molecule has 3 rings (SSSR count). The highest BCUT2D eigenvalue weighted by Gasteiger charge is 2.07. The van der Waals surface area contributed by atoms with E-state index in [9.17, 15) is 4.79 Å². The van der Waals surface area contributed by atoms with Gasteiger partial charge in [0.25, 0.3) is 5.91 Å². The summed E-state index contributed by atoms with van der Waals surface area (Å²) in [6, 6.07) is 13.0. The van der Waals surface area contributed by atoms with Gasteiger partial charge in [-0.1, -0.05) is 12.1 Å². The number of anilines is 1. The summed E-state index contributed by atoms with van der Waals surface area (Å²) in [7, 11) is 0. The average Bonchev–Trinajstić information content (AvgIpc) is 2.49. The van der Waals surface area contributed by atoms with E-state index in [4.69, 9.17) is 0 Å². The topological polar surface area (TPSA) is 54.9 Å². The number of carbonyl (C=O) groups is 1. The van der Waals surface area contributed by atoms with Crippen molar-refractivity contribution in [2.45, 2.75) is 6.92 Å². The molecule has 0 bridgehead atoms. The van der Waals surface area contributed by atoms with Gasteiger partial charge in [0.1, 0.15) is 0 Å². The molecule has 1 N–H and O–H groups in total. The summed E-state index contributed by atoms with van der Waals surface area (Å²) in [5.74, 6) is -0.164. The summed E-state index contributed by atoms with van der Waals surface area (Å²) in [5, 5.41) is 3.84. The molecule has 4 nitrogen and oxygen atoms in total. The average molecular weight is 263 g/mol. The van der Waals surface area contributed by atoms with E-state index in [1.165, 1.54) is 0 Å². The number of nitrogens with zero attached hydrogens (tertiary/aromatic N) is 2. The molecule has 4 heteroatoms. The fraction of sp³-hybridized carbons (Fsp3) is 0.0625. The van der Waals surface area contributed by atoms with Crippen LogP contribution in [0.5, 0.6) is 0 Å². The zero-order chi connectivity index (χ0) is 13.9. The van der Waals surface area contributed by atoms with Crippen LogP contribution in [0.3, 0.4) is 0 Å². The fourth-order valence-electron chi connectivity index (χ4n) is 1.95. The van der Waals surface area contributed by atoms with Gasteiger partial charge in [-0.05, 0) is 37.3 Å². The first-order valence-corrected chi connectivity index (χ1v) is 6.31. The molecule has 0 radical (unpaired) electrons. The van der Waals surface area contributed by atoms with Crippen LogP contribution in [0.1, 0.15) is 16.1 Å². The number of fused-ring (bicyclic) bond motifs is 1.